The van der Waals surface area contributed by atoms with Crippen LogP contribution in [0, 0.1) is 0 Å². The Bertz CT molecular complexity index is 2250. The van der Waals surface area contributed by atoms with Gasteiger partial charge >= 0.3 is 0 Å². The van der Waals surface area contributed by atoms with Gasteiger partial charge in [0.2, 0.25) is 9.84 Å². The molecule has 0 aromatic heterocycles. The van der Waals surface area contributed by atoms with Gasteiger partial charge < -0.3 is 18.9 Å². The summed E-state index contributed by atoms with van der Waals surface area (Å²) in [4.78, 5) is 0.481. The Kier molecular flexibility index (Phi) is 32.8. The lowest BCUT2D eigenvalue weighted by atomic mass is 9.70. The first-order valence-corrected chi connectivity index (χ1v) is 34.2. The van der Waals surface area contributed by atoms with Crippen LogP contribution in [-0.4, -0.2) is 92.4 Å². The first-order chi connectivity index (χ1) is 35.9. The van der Waals surface area contributed by atoms with Crippen molar-refractivity contribution in [3.8, 4) is 23.0 Å². The Labute approximate surface area is 501 Å². The Morgan fingerprint density at radius 1 is 0.378 bits per heavy atom. The maximum atomic E-state index is 15.8. The van der Waals surface area contributed by atoms with E-state index in [4.69, 9.17) is 18.9 Å². The molecule has 0 unspecified atom stereocenters. The minimum Gasteiger partial charge on any atom is -0.493 e. The van der Waals surface area contributed by atoms with Gasteiger partial charge in [-0.15, -0.1) is 0 Å². The largest absolute Gasteiger partial charge is 0.493 e. The van der Waals surface area contributed by atoms with Gasteiger partial charge in [0.1, 0.15) is 23.0 Å². The van der Waals surface area contributed by atoms with Crippen molar-refractivity contribution >= 4 is 136 Å². The quantitative estimate of drug-likeness (QED) is 0.0162. The summed E-state index contributed by atoms with van der Waals surface area (Å²) in [6.07, 6.45) is 12.7. The van der Waals surface area contributed by atoms with Crippen LogP contribution < -0.4 is 18.9 Å². The summed E-state index contributed by atoms with van der Waals surface area (Å²) in [7, 11) is -4.17. The van der Waals surface area contributed by atoms with Gasteiger partial charge in [-0.25, -0.2) is 8.42 Å². The molecule has 0 saturated heterocycles. The predicted molar refractivity (Wildman–Crippen MR) is 350 cm³/mol. The Morgan fingerprint density at radius 3 is 1.09 bits per heavy atom. The van der Waals surface area contributed by atoms with Gasteiger partial charge in [0.05, 0.1) is 36.2 Å². The van der Waals surface area contributed by atoms with Crippen LogP contribution in [0.3, 0.4) is 0 Å². The predicted octanol–water partition coefficient (Wildman–Crippen LogP) is 14.0. The van der Waals surface area contributed by atoms with E-state index in [1.165, 1.54) is 0 Å². The van der Waals surface area contributed by atoms with Crippen LogP contribution in [0.2, 0.25) is 0 Å². The minimum atomic E-state index is -4.17. The second-order valence-corrected chi connectivity index (χ2v) is 25.2. The molecule has 0 bridgehead atoms. The molecular weight excluding hydrogens is 1130 g/mol. The zero-order valence-corrected chi connectivity index (χ0v) is 53.2. The van der Waals surface area contributed by atoms with Crippen molar-refractivity contribution in [2.75, 3.05) is 84.0 Å². The third-order valence-corrected chi connectivity index (χ3v) is 18.0. The number of hydrogen-bond acceptors (Lipinski definition) is 16. The lowest BCUT2D eigenvalue weighted by Gasteiger charge is -2.35. The van der Waals surface area contributed by atoms with Crippen LogP contribution in [0.15, 0.2) is 64.4 Å². The molecule has 74 heavy (non-hydrogen) atoms. The molecule has 4 aromatic carbocycles. The number of hydrogen-bond donors (Lipinski definition) is 10. The maximum absolute atomic E-state index is 15.8. The third-order valence-electron chi connectivity index (χ3n) is 13.0. The average Bonchev–Trinajstić information content (AvgIpc) is 3.40. The maximum Gasteiger partial charge on any atom is 0.206 e. The molecule has 0 fully saturated rings. The van der Waals surface area contributed by atoms with Crippen molar-refractivity contribution in [3.05, 3.63) is 105 Å². The second kappa shape index (κ2) is 36.7. The molecule has 0 radical (unpaired) electrons. The monoisotopic (exact) mass is 1220 g/mol. The van der Waals surface area contributed by atoms with Gasteiger partial charge in [-0.2, -0.15) is 126 Å². The summed E-state index contributed by atoms with van der Waals surface area (Å²) in [6.45, 7) is 4.32. The Balaban J connectivity index is 2.23. The van der Waals surface area contributed by atoms with E-state index in [-0.39, 0.29) is 9.79 Å². The fourth-order valence-electron chi connectivity index (χ4n) is 9.15. The molecule has 4 rings (SSSR count). The van der Waals surface area contributed by atoms with Crippen molar-refractivity contribution in [1.82, 2.24) is 0 Å². The number of thiol groups is 10. The summed E-state index contributed by atoms with van der Waals surface area (Å²) in [5.41, 5.74) is 8.13. The van der Waals surface area contributed by atoms with Gasteiger partial charge in [0, 0.05) is 5.41 Å². The van der Waals surface area contributed by atoms with Crippen molar-refractivity contribution in [2.45, 2.75) is 131 Å². The number of ether oxygens (including phenoxy) is 4. The molecule has 0 atom stereocenters. The zero-order chi connectivity index (χ0) is 53.8. The van der Waals surface area contributed by atoms with Crippen molar-refractivity contribution in [1.29, 1.82) is 0 Å². The van der Waals surface area contributed by atoms with Crippen molar-refractivity contribution in [2.24, 2.45) is 0 Å². The van der Waals surface area contributed by atoms with Gasteiger partial charge in [-0.05, 0) is 247 Å². The molecule has 4 aromatic rings. The van der Waals surface area contributed by atoms with E-state index in [1.54, 1.807) is 6.07 Å². The third kappa shape index (κ3) is 20.0. The normalized spacial score (nSPS) is 11.9. The lowest BCUT2D eigenvalue weighted by molar-refractivity contribution is 0.311. The lowest BCUT2D eigenvalue weighted by Crippen LogP contribution is -2.29. The molecule has 0 aliphatic carbocycles. The van der Waals surface area contributed by atoms with Gasteiger partial charge in [-0.1, -0.05) is 31.2 Å². The van der Waals surface area contributed by atoms with Gasteiger partial charge in [0.15, 0.2) is 0 Å². The first-order valence-electron chi connectivity index (χ1n) is 26.4. The summed E-state index contributed by atoms with van der Waals surface area (Å²) in [5.74, 6) is 10.2. The molecule has 0 amide bonds. The van der Waals surface area contributed by atoms with Gasteiger partial charge in [-0.3, -0.25) is 0 Å². The molecule has 6 nitrogen and oxygen atoms in total. The highest BCUT2D eigenvalue weighted by Crippen LogP contribution is 2.45. The molecule has 0 saturated carbocycles. The highest BCUT2D eigenvalue weighted by molar-refractivity contribution is 7.91. The zero-order valence-electron chi connectivity index (χ0n) is 43.4. The van der Waals surface area contributed by atoms with Crippen LogP contribution in [0.25, 0.3) is 0 Å². The Hall–Kier alpha value is -0.470. The highest BCUT2D eigenvalue weighted by Gasteiger charge is 2.36. The van der Waals surface area contributed by atoms with Crippen LogP contribution >= 0.6 is 126 Å². The summed E-state index contributed by atoms with van der Waals surface area (Å²) in [5, 5.41) is 0. The molecule has 0 heterocycles. The Morgan fingerprint density at radius 2 is 0.716 bits per heavy atom. The van der Waals surface area contributed by atoms with E-state index in [0.29, 0.717) is 85.8 Å². The van der Waals surface area contributed by atoms with E-state index in [1.807, 2.05) is 24.3 Å². The second-order valence-electron chi connectivity index (χ2n) is 18.8. The first kappa shape index (κ1) is 66.0. The van der Waals surface area contributed by atoms with E-state index in [9.17, 15) is 0 Å². The molecule has 414 valence electrons. The van der Waals surface area contributed by atoms with E-state index in [0.717, 1.165) is 180 Å². The van der Waals surface area contributed by atoms with Crippen LogP contribution in [0.5, 0.6) is 23.0 Å². The summed E-state index contributed by atoms with van der Waals surface area (Å²) in [6, 6.07) is 18.5. The molecule has 0 aliphatic rings. The summed E-state index contributed by atoms with van der Waals surface area (Å²) < 4.78 is 58.0. The number of benzene rings is 4. The van der Waals surface area contributed by atoms with Crippen LogP contribution in [-0.2, 0) is 60.2 Å². The van der Waals surface area contributed by atoms with E-state index >= 15 is 8.42 Å². The number of sulfone groups is 1. The van der Waals surface area contributed by atoms with Crippen LogP contribution in [0.4, 0.5) is 0 Å². The molecule has 0 N–H and O–H groups in total. The number of rotatable bonds is 40. The topological polar surface area (TPSA) is 71.1 Å². The standard InChI is InChI=1S/C57H84O6S11/c1-57(49-34-44(14-4-26-66)55(62-22-10-32-72)45(35-49)15-5-27-67,50-36-46(16-6-28-68)56(63-23-11-33-73)47(37-50)17-7-29-69)41-48-39-53(61-21-9-31-71)43(13-3-25-65)40-54(48)74(58,59)51-18-19-52(60-20-8-30-70)42(38-51)12-2-24-64/h18-19,34-40,64-73H,2-17,20-33,41H2,1H3. The molecule has 0 aliphatic heterocycles. The van der Waals surface area contributed by atoms with Crippen LogP contribution in [0.1, 0.15) is 121 Å². The van der Waals surface area contributed by atoms with Gasteiger partial charge in [0.25, 0.3) is 0 Å². The molecule has 17 heteroatoms. The summed E-state index contributed by atoms with van der Waals surface area (Å²) >= 11 is 45.8. The fourth-order valence-corrected chi connectivity index (χ4v) is 12.2. The smallest absolute Gasteiger partial charge is 0.206 e. The highest BCUT2D eigenvalue weighted by atomic mass is 32.2. The number of aryl methyl sites for hydroxylation is 6. The van der Waals surface area contributed by atoms with Crippen molar-refractivity contribution in [3.63, 3.8) is 0 Å². The average molecular weight is 1220 g/mol. The molecular formula is C57H84O6S11. The minimum absolute atomic E-state index is 0.219. The fraction of sp³-hybridized carbons (Fsp3) is 0.579. The van der Waals surface area contributed by atoms with E-state index in [2.05, 4.69) is 157 Å². The SMILES string of the molecule is CC(Cc1cc(OCCCS)c(CCCS)cc1S(=O)(=O)c1ccc(OCCCS)c(CCCS)c1)(c1cc(CCCS)c(OCCCS)c(CCCS)c1)c1cc(CCCS)c(OCCCS)c(CCCS)c1. The van der Waals surface area contributed by atoms with E-state index < -0.39 is 15.3 Å². The van der Waals surface area contributed by atoms with Crippen molar-refractivity contribution < 1.29 is 27.4 Å². The molecule has 0 spiro atoms.